The van der Waals surface area contributed by atoms with Gasteiger partial charge in [0.2, 0.25) is 0 Å². The second kappa shape index (κ2) is 51.0. The predicted octanol–water partition coefficient (Wildman–Crippen LogP) is 17.0. The van der Waals surface area contributed by atoms with E-state index < -0.39 is 6.10 Å². The Bertz CT molecular complexity index is 1280. The van der Waals surface area contributed by atoms with Gasteiger partial charge >= 0.3 is 17.9 Å². The summed E-state index contributed by atoms with van der Waals surface area (Å²) in [4.78, 5) is 37.9. The Morgan fingerprint density at radius 2 is 0.651 bits per heavy atom. The van der Waals surface area contributed by atoms with Crippen LogP contribution in [0.1, 0.15) is 226 Å². The Kier molecular flexibility index (Phi) is 48.0. The molecule has 0 fully saturated rings. The van der Waals surface area contributed by atoms with Crippen molar-refractivity contribution in [1.29, 1.82) is 0 Å². The predicted molar refractivity (Wildman–Crippen MR) is 270 cm³/mol. The van der Waals surface area contributed by atoms with Crippen molar-refractivity contribution in [3.05, 3.63) is 97.2 Å². The molecule has 0 aliphatic heterocycles. The summed E-state index contributed by atoms with van der Waals surface area (Å²) in [6, 6.07) is 0. The standard InChI is InChI=1S/C57H94O6/c1-4-7-10-13-16-19-22-25-27-28-29-30-31-33-35-38-41-44-47-50-56(59)62-53-54(52-61-55(58)49-46-43-40-37-34-24-21-18-15-12-9-6-3)63-57(60)51-48-45-42-39-36-32-26-23-20-17-14-11-8-5-2/h7,10,16,18-19,21,23,25-27,29-30,33,35,41,44,54H,4-6,8-9,11-15,17,20,22,24,28,31-32,34,36-40,42-43,45-53H2,1-3H3/b10-7-,19-16-,21-18-,26-23-,27-25-,30-29-,35-33-,44-41-/t54-/m1/s1. The first-order valence-electron chi connectivity index (χ1n) is 25.7. The Labute approximate surface area is 387 Å². The number of carbonyl (C=O) groups excluding carboxylic acids is 3. The van der Waals surface area contributed by atoms with Gasteiger partial charge in [0, 0.05) is 19.3 Å². The Balaban J connectivity index is 4.52. The van der Waals surface area contributed by atoms with Gasteiger partial charge in [-0.1, -0.05) is 195 Å². The fourth-order valence-corrected chi connectivity index (χ4v) is 6.69. The van der Waals surface area contributed by atoms with Crippen molar-refractivity contribution < 1.29 is 28.6 Å². The minimum absolute atomic E-state index is 0.109. The maximum absolute atomic E-state index is 12.8. The molecule has 0 heterocycles. The van der Waals surface area contributed by atoms with Crippen LogP contribution in [0.2, 0.25) is 0 Å². The molecule has 0 spiro atoms. The van der Waals surface area contributed by atoms with Crippen LogP contribution in [-0.4, -0.2) is 37.2 Å². The van der Waals surface area contributed by atoms with Crippen LogP contribution in [0.3, 0.4) is 0 Å². The average Bonchev–Trinajstić information content (AvgIpc) is 3.28. The largest absolute Gasteiger partial charge is 0.462 e. The highest BCUT2D eigenvalue weighted by molar-refractivity contribution is 5.71. The molecule has 0 amide bonds. The summed E-state index contributed by atoms with van der Waals surface area (Å²) in [5, 5.41) is 0. The van der Waals surface area contributed by atoms with Crippen molar-refractivity contribution in [2.24, 2.45) is 0 Å². The van der Waals surface area contributed by atoms with E-state index in [0.29, 0.717) is 19.3 Å². The molecule has 6 nitrogen and oxygen atoms in total. The van der Waals surface area contributed by atoms with Gasteiger partial charge in [-0.15, -0.1) is 0 Å². The molecule has 1 atom stereocenters. The summed E-state index contributed by atoms with van der Waals surface area (Å²) in [6.07, 6.45) is 66.8. The quantitative estimate of drug-likeness (QED) is 0.0262. The summed E-state index contributed by atoms with van der Waals surface area (Å²) in [7, 11) is 0. The van der Waals surface area contributed by atoms with E-state index in [1.54, 1.807) is 0 Å². The summed E-state index contributed by atoms with van der Waals surface area (Å²) in [5.74, 6) is -1.02. The maximum atomic E-state index is 12.8. The molecule has 0 aromatic heterocycles. The van der Waals surface area contributed by atoms with Gasteiger partial charge in [0.15, 0.2) is 6.10 Å². The monoisotopic (exact) mass is 875 g/mol. The molecule has 0 aromatic rings. The van der Waals surface area contributed by atoms with Gasteiger partial charge in [-0.25, -0.2) is 0 Å². The fourth-order valence-electron chi connectivity index (χ4n) is 6.69. The molecule has 0 saturated heterocycles. The van der Waals surface area contributed by atoms with Crippen LogP contribution in [0.4, 0.5) is 0 Å². The molecule has 6 heteroatoms. The normalized spacial score (nSPS) is 12.9. The van der Waals surface area contributed by atoms with Gasteiger partial charge in [0.05, 0.1) is 0 Å². The molecule has 0 unspecified atom stereocenters. The number of esters is 3. The molecule has 63 heavy (non-hydrogen) atoms. The number of ether oxygens (including phenoxy) is 3. The van der Waals surface area contributed by atoms with Crippen molar-refractivity contribution in [3.63, 3.8) is 0 Å². The van der Waals surface area contributed by atoms with Gasteiger partial charge in [-0.05, 0) is 109 Å². The smallest absolute Gasteiger partial charge is 0.306 e. The van der Waals surface area contributed by atoms with Crippen LogP contribution < -0.4 is 0 Å². The second-order valence-corrected chi connectivity index (χ2v) is 16.7. The van der Waals surface area contributed by atoms with Crippen LogP contribution in [0, 0.1) is 0 Å². The summed E-state index contributed by atoms with van der Waals surface area (Å²) >= 11 is 0. The van der Waals surface area contributed by atoms with Crippen molar-refractivity contribution in [3.8, 4) is 0 Å². The average molecular weight is 875 g/mol. The molecule has 0 aromatic carbocycles. The van der Waals surface area contributed by atoms with Crippen LogP contribution in [0.5, 0.6) is 0 Å². The second-order valence-electron chi connectivity index (χ2n) is 16.7. The highest BCUT2D eigenvalue weighted by atomic mass is 16.6. The van der Waals surface area contributed by atoms with E-state index in [-0.39, 0.29) is 37.5 Å². The Morgan fingerprint density at radius 1 is 0.333 bits per heavy atom. The van der Waals surface area contributed by atoms with Crippen LogP contribution in [-0.2, 0) is 28.6 Å². The minimum Gasteiger partial charge on any atom is -0.462 e. The molecule has 358 valence electrons. The van der Waals surface area contributed by atoms with Crippen molar-refractivity contribution >= 4 is 17.9 Å². The highest BCUT2D eigenvalue weighted by Crippen LogP contribution is 2.13. The highest BCUT2D eigenvalue weighted by Gasteiger charge is 2.19. The van der Waals surface area contributed by atoms with E-state index in [1.807, 2.05) is 12.2 Å². The SMILES string of the molecule is CC/C=C\C/C=C\C/C=C\C/C=C\C/C=C\C/C=C\CCC(=O)OC[C@@H](COC(=O)CCCCCCC/C=C\CCCCC)OC(=O)CCCCCCC/C=C\CCCCCCC. The van der Waals surface area contributed by atoms with Gasteiger partial charge in [-0.2, -0.15) is 0 Å². The number of rotatable bonds is 45. The van der Waals surface area contributed by atoms with Gasteiger partial charge in [0.1, 0.15) is 13.2 Å². The van der Waals surface area contributed by atoms with Gasteiger partial charge < -0.3 is 14.2 Å². The van der Waals surface area contributed by atoms with E-state index in [4.69, 9.17) is 14.2 Å². The number of unbranched alkanes of at least 4 members (excludes halogenated alkanes) is 18. The van der Waals surface area contributed by atoms with E-state index in [0.717, 1.165) is 103 Å². The molecular formula is C57H94O6. The van der Waals surface area contributed by atoms with Crippen molar-refractivity contribution in [2.45, 2.75) is 232 Å². The Hall–Kier alpha value is -3.67. The molecule has 0 rings (SSSR count). The Morgan fingerprint density at radius 3 is 1.10 bits per heavy atom. The zero-order chi connectivity index (χ0) is 45.8. The van der Waals surface area contributed by atoms with Crippen molar-refractivity contribution in [2.75, 3.05) is 13.2 Å². The topological polar surface area (TPSA) is 78.9 Å². The third-order valence-electron chi connectivity index (χ3n) is 10.6. The van der Waals surface area contributed by atoms with E-state index in [1.165, 1.54) is 77.0 Å². The van der Waals surface area contributed by atoms with Gasteiger partial charge in [-0.3, -0.25) is 14.4 Å². The molecule has 0 aliphatic rings. The number of allylic oxidation sites excluding steroid dienone is 16. The van der Waals surface area contributed by atoms with Crippen LogP contribution >= 0.6 is 0 Å². The first-order chi connectivity index (χ1) is 31.0. The zero-order valence-corrected chi connectivity index (χ0v) is 40.8. The zero-order valence-electron chi connectivity index (χ0n) is 40.8. The lowest BCUT2D eigenvalue weighted by Crippen LogP contribution is -2.30. The number of hydrogen-bond acceptors (Lipinski definition) is 6. The summed E-state index contributed by atoms with van der Waals surface area (Å²) in [5.41, 5.74) is 0. The molecular weight excluding hydrogens is 781 g/mol. The summed E-state index contributed by atoms with van der Waals surface area (Å²) in [6.45, 7) is 6.40. The maximum Gasteiger partial charge on any atom is 0.306 e. The lowest BCUT2D eigenvalue weighted by atomic mass is 10.1. The van der Waals surface area contributed by atoms with E-state index in [2.05, 4.69) is 106 Å². The molecule has 0 radical (unpaired) electrons. The van der Waals surface area contributed by atoms with Crippen LogP contribution in [0.15, 0.2) is 97.2 Å². The van der Waals surface area contributed by atoms with Gasteiger partial charge in [0.25, 0.3) is 0 Å². The van der Waals surface area contributed by atoms with E-state index >= 15 is 0 Å². The first kappa shape index (κ1) is 59.3. The number of carbonyl (C=O) groups is 3. The molecule has 0 saturated carbocycles. The molecule has 0 bridgehead atoms. The molecule has 0 N–H and O–H groups in total. The molecule has 0 aliphatic carbocycles. The minimum atomic E-state index is -0.815. The first-order valence-corrected chi connectivity index (χ1v) is 25.7. The third kappa shape index (κ3) is 49.2. The third-order valence-corrected chi connectivity index (χ3v) is 10.6. The lowest BCUT2D eigenvalue weighted by molar-refractivity contribution is -0.166. The van der Waals surface area contributed by atoms with Crippen LogP contribution in [0.25, 0.3) is 0 Å². The van der Waals surface area contributed by atoms with Crippen molar-refractivity contribution in [1.82, 2.24) is 0 Å². The number of hydrogen-bond donors (Lipinski definition) is 0. The fraction of sp³-hybridized carbons (Fsp3) is 0.667. The van der Waals surface area contributed by atoms with E-state index in [9.17, 15) is 14.4 Å². The lowest BCUT2D eigenvalue weighted by Gasteiger charge is -2.18. The summed E-state index contributed by atoms with van der Waals surface area (Å²) < 4.78 is 16.7.